The molecule has 0 saturated carbocycles. The Kier molecular flexibility index (Phi) is 5.58. The normalized spacial score (nSPS) is 12.3. The first kappa shape index (κ1) is 14.4. The van der Waals surface area contributed by atoms with Gasteiger partial charge in [0.05, 0.1) is 12.0 Å². The summed E-state index contributed by atoms with van der Waals surface area (Å²) in [7, 11) is 0. The summed E-state index contributed by atoms with van der Waals surface area (Å²) in [6, 6.07) is 3.53. The van der Waals surface area contributed by atoms with Gasteiger partial charge in [0.2, 0.25) is 11.8 Å². The van der Waals surface area contributed by atoms with Crippen molar-refractivity contribution in [3.8, 4) is 5.88 Å². The van der Waals surface area contributed by atoms with Crippen LogP contribution in [0.5, 0.6) is 5.88 Å². The van der Waals surface area contributed by atoms with Crippen molar-refractivity contribution in [3.05, 3.63) is 18.3 Å². The van der Waals surface area contributed by atoms with Gasteiger partial charge < -0.3 is 15.8 Å². The predicted molar refractivity (Wildman–Crippen MR) is 71.5 cm³/mol. The Morgan fingerprint density at radius 3 is 2.83 bits per heavy atom. The van der Waals surface area contributed by atoms with Gasteiger partial charge in [-0.25, -0.2) is 4.98 Å². The first-order valence-corrected chi connectivity index (χ1v) is 6.21. The number of carbonyl (C=O) groups excluding carboxylic acids is 1. The van der Waals surface area contributed by atoms with Crippen molar-refractivity contribution in [2.75, 3.05) is 11.9 Å². The van der Waals surface area contributed by atoms with Crippen molar-refractivity contribution in [3.63, 3.8) is 0 Å². The van der Waals surface area contributed by atoms with E-state index in [1.807, 2.05) is 20.8 Å². The van der Waals surface area contributed by atoms with E-state index in [4.69, 9.17) is 10.5 Å². The number of aromatic nitrogens is 1. The van der Waals surface area contributed by atoms with E-state index in [0.29, 0.717) is 24.5 Å². The van der Waals surface area contributed by atoms with Crippen LogP contribution in [0.1, 0.15) is 27.2 Å². The third kappa shape index (κ3) is 4.00. The molecule has 0 aromatic carbocycles. The number of hydrogen-bond acceptors (Lipinski definition) is 4. The summed E-state index contributed by atoms with van der Waals surface area (Å²) in [6.07, 6.45) is 2.35. The molecule has 18 heavy (non-hydrogen) atoms. The molecule has 0 aliphatic carbocycles. The molecule has 1 aromatic heterocycles. The Hall–Kier alpha value is -1.62. The highest BCUT2D eigenvalue weighted by Gasteiger charge is 2.17. The van der Waals surface area contributed by atoms with Gasteiger partial charge in [-0.1, -0.05) is 6.92 Å². The Morgan fingerprint density at radius 1 is 1.56 bits per heavy atom. The van der Waals surface area contributed by atoms with Crippen LogP contribution < -0.4 is 15.8 Å². The zero-order chi connectivity index (χ0) is 13.5. The summed E-state index contributed by atoms with van der Waals surface area (Å²) in [5.41, 5.74) is 6.14. The van der Waals surface area contributed by atoms with Gasteiger partial charge in [0.15, 0.2) is 0 Å². The second-order valence-corrected chi connectivity index (χ2v) is 4.35. The van der Waals surface area contributed by atoms with Crippen LogP contribution in [-0.2, 0) is 4.79 Å². The number of nitrogens with zero attached hydrogens (tertiary/aromatic N) is 1. The van der Waals surface area contributed by atoms with Crippen LogP contribution in [0.2, 0.25) is 0 Å². The van der Waals surface area contributed by atoms with E-state index in [9.17, 15) is 4.79 Å². The highest BCUT2D eigenvalue weighted by molar-refractivity contribution is 5.93. The van der Waals surface area contributed by atoms with E-state index in [1.165, 1.54) is 0 Å². The fourth-order valence-corrected chi connectivity index (χ4v) is 1.50. The van der Waals surface area contributed by atoms with Crippen LogP contribution in [0, 0.1) is 5.92 Å². The summed E-state index contributed by atoms with van der Waals surface area (Å²) in [5, 5.41) is 2.81. The molecule has 0 aliphatic heterocycles. The number of anilines is 1. The van der Waals surface area contributed by atoms with Crippen molar-refractivity contribution < 1.29 is 9.53 Å². The van der Waals surface area contributed by atoms with E-state index in [1.54, 1.807) is 18.3 Å². The average molecular weight is 251 g/mol. The number of rotatable bonds is 6. The quantitative estimate of drug-likeness (QED) is 0.808. The van der Waals surface area contributed by atoms with Crippen LogP contribution >= 0.6 is 0 Å². The second kappa shape index (κ2) is 6.96. The number of ether oxygens (including phenoxy) is 1. The van der Waals surface area contributed by atoms with Crippen molar-refractivity contribution in [1.82, 2.24) is 4.98 Å². The first-order valence-electron chi connectivity index (χ1n) is 6.21. The molecule has 1 amide bonds. The molecule has 5 heteroatoms. The molecule has 0 aliphatic rings. The zero-order valence-electron chi connectivity index (χ0n) is 11.1. The summed E-state index contributed by atoms with van der Waals surface area (Å²) in [4.78, 5) is 16.1. The van der Waals surface area contributed by atoms with Gasteiger partial charge in [0.25, 0.3) is 0 Å². The van der Waals surface area contributed by atoms with Crippen LogP contribution in [0.25, 0.3) is 0 Å². The highest BCUT2D eigenvalue weighted by atomic mass is 16.5. The van der Waals surface area contributed by atoms with Crippen LogP contribution in [0.4, 0.5) is 5.69 Å². The Morgan fingerprint density at radius 2 is 2.28 bits per heavy atom. The number of nitrogens with one attached hydrogen (secondary N) is 1. The molecule has 5 nitrogen and oxygen atoms in total. The average Bonchev–Trinajstić information content (AvgIpc) is 2.32. The minimum absolute atomic E-state index is 0.00651. The standard InChI is InChI=1S/C13H21N3O2/c1-4-10(8-14)12(17)16-11-6-5-7-15-13(11)18-9(2)3/h5-7,9-10H,4,8,14H2,1-3H3,(H,16,17). The maximum atomic E-state index is 11.9. The van der Waals surface area contributed by atoms with E-state index in [0.717, 1.165) is 0 Å². The third-order valence-corrected chi connectivity index (χ3v) is 2.52. The lowest BCUT2D eigenvalue weighted by Gasteiger charge is -2.16. The Labute approximate surface area is 108 Å². The molecule has 0 bridgehead atoms. The van der Waals surface area contributed by atoms with Crippen molar-refractivity contribution in [1.29, 1.82) is 0 Å². The summed E-state index contributed by atoms with van der Waals surface area (Å²) < 4.78 is 5.54. The number of amides is 1. The molecule has 1 heterocycles. The van der Waals surface area contributed by atoms with E-state index in [2.05, 4.69) is 10.3 Å². The topological polar surface area (TPSA) is 77.2 Å². The van der Waals surface area contributed by atoms with Gasteiger partial charge in [0, 0.05) is 12.7 Å². The molecule has 1 aromatic rings. The molecule has 0 fully saturated rings. The smallest absolute Gasteiger partial charge is 0.238 e. The van der Waals surface area contributed by atoms with E-state index < -0.39 is 0 Å². The van der Waals surface area contributed by atoms with Gasteiger partial charge in [-0.2, -0.15) is 0 Å². The number of hydrogen-bond donors (Lipinski definition) is 2. The summed E-state index contributed by atoms with van der Waals surface area (Å²) in [5.74, 6) is 0.159. The molecule has 0 saturated heterocycles. The maximum Gasteiger partial charge on any atom is 0.238 e. The largest absolute Gasteiger partial charge is 0.473 e. The zero-order valence-corrected chi connectivity index (χ0v) is 11.1. The van der Waals surface area contributed by atoms with Gasteiger partial charge in [-0.15, -0.1) is 0 Å². The minimum atomic E-state index is -0.183. The lowest BCUT2D eigenvalue weighted by atomic mass is 10.1. The lowest BCUT2D eigenvalue weighted by molar-refractivity contribution is -0.119. The van der Waals surface area contributed by atoms with Gasteiger partial charge >= 0.3 is 0 Å². The number of pyridine rings is 1. The molecule has 0 radical (unpaired) electrons. The lowest BCUT2D eigenvalue weighted by Crippen LogP contribution is -2.29. The third-order valence-electron chi connectivity index (χ3n) is 2.52. The van der Waals surface area contributed by atoms with Crippen LogP contribution in [-0.4, -0.2) is 23.5 Å². The Balaban J connectivity index is 2.80. The van der Waals surface area contributed by atoms with Crippen molar-refractivity contribution in [2.45, 2.75) is 33.3 Å². The molecular formula is C13H21N3O2. The Bertz CT molecular complexity index is 390. The summed E-state index contributed by atoms with van der Waals surface area (Å²) >= 11 is 0. The first-order chi connectivity index (χ1) is 8.58. The monoisotopic (exact) mass is 251 g/mol. The second-order valence-electron chi connectivity index (χ2n) is 4.35. The molecule has 0 spiro atoms. The molecular weight excluding hydrogens is 230 g/mol. The minimum Gasteiger partial charge on any atom is -0.473 e. The fourth-order valence-electron chi connectivity index (χ4n) is 1.50. The van der Waals surface area contributed by atoms with Crippen LogP contribution in [0.15, 0.2) is 18.3 Å². The van der Waals surface area contributed by atoms with Crippen LogP contribution in [0.3, 0.4) is 0 Å². The molecule has 1 atom stereocenters. The van der Waals surface area contributed by atoms with Gasteiger partial charge in [0.1, 0.15) is 5.69 Å². The van der Waals surface area contributed by atoms with E-state index in [-0.39, 0.29) is 17.9 Å². The van der Waals surface area contributed by atoms with Crippen molar-refractivity contribution >= 4 is 11.6 Å². The van der Waals surface area contributed by atoms with Gasteiger partial charge in [-0.05, 0) is 32.4 Å². The summed E-state index contributed by atoms with van der Waals surface area (Å²) in [6.45, 7) is 6.10. The highest BCUT2D eigenvalue weighted by Crippen LogP contribution is 2.22. The molecule has 100 valence electrons. The number of carbonyl (C=O) groups is 1. The fraction of sp³-hybridized carbons (Fsp3) is 0.538. The molecule has 3 N–H and O–H groups in total. The number of nitrogens with two attached hydrogens (primary N) is 1. The van der Waals surface area contributed by atoms with Crippen molar-refractivity contribution in [2.24, 2.45) is 11.7 Å². The van der Waals surface area contributed by atoms with Gasteiger partial charge in [-0.3, -0.25) is 4.79 Å². The maximum absolute atomic E-state index is 11.9. The van der Waals surface area contributed by atoms with E-state index >= 15 is 0 Å². The molecule has 1 rings (SSSR count). The predicted octanol–water partition coefficient (Wildman–Crippen LogP) is 1.79. The SMILES string of the molecule is CCC(CN)C(=O)Nc1cccnc1OC(C)C. The molecule has 1 unspecified atom stereocenters.